The summed E-state index contributed by atoms with van der Waals surface area (Å²) in [6.07, 6.45) is -1.36. The van der Waals surface area contributed by atoms with E-state index in [9.17, 15) is 14.7 Å². The average molecular weight is 311 g/mol. The van der Waals surface area contributed by atoms with E-state index in [2.05, 4.69) is 5.32 Å². The number of hydrogen-bond donors (Lipinski definition) is 3. The molecular formula is C15H21NO6. The molecule has 0 fully saturated rings. The van der Waals surface area contributed by atoms with Crippen LogP contribution in [-0.4, -0.2) is 54.2 Å². The molecule has 7 heteroatoms. The molecule has 1 rings (SSSR count). The Balaban J connectivity index is 2.11. The van der Waals surface area contributed by atoms with Crippen molar-refractivity contribution in [3.8, 4) is 0 Å². The zero-order valence-electron chi connectivity index (χ0n) is 12.4. The molecule has 7 nitrogen and oxygen atoms in total. The van der Waals surface area contributed by atoms with Gasteiger partial charge in [0.05, 0.1) is 19.3 Å². The van der Waals surface area contributed by atoms with E-state index in [1.807, 2.05) is 30.3 Å². The van der Waals surface area contributed by atoms with E-state index in [1.54, 1.807) is 0 Å². The van der Waals surface area contributed by atoms with Crippen molar-refractivity contribution in [3.63, 3.8) is 0 Å². The second kappa shape index (κ2) is 9.75. The maximum absolute atomic E-state index is 11.4. The SMILES string of the molecule is C[C@H](O)[C@@H](NC(=O)OCCOCCc1ccccc1)C(=O)O. The van der Waals surface area contributed by atoms with E-state index in [1.165, 1.54) is 6.92 Å². The Morgan fingerprint density at radius 1 is 1.18 bits per heavy atom. The first-order chi connectivity index (χ1) is 10.5. The highest BCUT2D eigenvalue weighted by Crippen LogP contribution is 1.99. The van der Waals surface area contributed by atoms with Crippen molar-refractivity contribution in [1.82, 2.24) is 5.32 Å². The largest absolute Gasteiger partial charge is 0.480 e. The van der Waals surface area contributed by atoms with Crippen molar-refractivity contribution in [3.05, 3.63) is 35.9 Å². The zero-order chi connectivity index (χ0) is 16.4. The Hall–Kier alpha value is -2.12. The van der Waals surface area contributed by atoms with Crippen LogP contribution in [0.2, 0.25) is 0 Å². The van der Waals surface area contributed by atoms with Gasteiger partial charge < -0.3 is 25.0 Å². The molecule has 1 aromatic carbocycles. The number of aliphatic hydroxyl groups excluding tert-OH is 1. The number of amides is 1. The van der Waals surface area contributed by atoms with E-state index in [0.29, 0.717) is 6.61 Å². The maximum atomic E-state index is 11.4. The molecule has 22 heavy (non-hydrogen) atoms. The maximum Gasteiger partial charge on any atom is 0.408 e. The standard InChI is InChI=1S/C15H21NO6/c1-11(17)13(14(18)19)16-15(20)22-10-9-21-8-7-12-5-3-2-4-6-12/h2-6,11,13,17H,7-10H2,1H3,(H,16,20)(H,18,19)/t11-,13+/m0/s1. The van der Waals surface area contributed by atoms with E-state index in [-0.39, 0.29) is 13.2 Å². The van der Waals surface area contributed by atoms with Gasteiger partial charge in [-0.3, -0.25) is 0 Å². The molecule has 1 amide bonds. The molecular weight excluding hydrogens is 290 g/mol. The van der Waals surface area contributed by atoms with Gasteiger partial charge in [-0.25, -0.2) is 9.59 Å². The topological polar surface area (TPSA) is 105 Å². The van der Waals surface area contributed by atoms with Crippen LogP contribution >= 0.6 is 0 Å². The highest BCUT2D eigenvalue weighted by atomic mass is 16.6. The van der Waals surface area contributed by atoms with Crippen LogP contribution in [-0.2, 0) is 20.7 Å². The Bertz CT molecular complexity index is 462. The van der Waals surface area contributed by atoms with Crippen LogP contribution in [0, 0.1) is 0 Å². The van der Waals surface area contributed by atoms with Gasteiger partial charge in [0.2, 0.25) is 0 Å². The monoisotopic (exact) mass is 311 g/mol. The number of carboxylic acids is 1. The van der Waals surface area contributed by atoms with E-state index in [0.717, 1.165) is 12.0 Å². The number of carbonyl (C=O) groups excluding carboxylic acids is 1. The molecule has 0 aliphatic heterocycles. The number of carboxylic acid groups (broad SMARTS) is 1. The minimum atomic E-state index is -1.40. The number of nitrogens with one attached hydrogen (secondary N) is 1. The van der Waals surface area contributed by atoms with Crippen molar-refractivity contribution in [1.29, 1.82) is 0 Å². The van der Waals surface area contributed by atoms with Gasteiger partial charge >= 0.3 is 12.1 Å². The minimum absolute atomic E-state index is 0.00672. The van der Waals surface area contributed by atoms with Gasteiger partial charge in [-0.2, -0.15) is 0 Å². The Morgan fingerprint density at radius 2 is 1.86 bits per heavy atom. The van der Waals surface area contributed by atoms with Crippen LogP contribution in [0.4, 0.5) is 4.79 Å². The van der Waals surface area contributed by atoms with Gasteiger partial charge in [0.25, 0.3) is 0 Å². The first kappa shape index (κ1) is 17.9. The van der Waals surface area contributed by atoms with Crippen LogP contribution in [0.3, 0.4) is 0 Å². The zero-order valence-corrected chi connectivity index (χ0v) is 12.4. The summed E-state index contributed by atoms with van der Waals surface area (Å²) in [4.78, 5) is 22.1. The predicted molar refractivity (Wildman–Crippen MR) is 78.6 cm³/mol. The van der Waals surface area contributed by atoms with Gasteiger partial charge in [0.15, 0.2) is 6.04 Å². The molecule has 0 saturated carbocycles. The van der Waals surface area contributed by atoms with Crippen LogP contribution in [0.25, 0.3) is 0 Å². The van der Waals surface area contributed by atoms with E-state index < -0.39 is 24.2 Å². The van der Waals surface area contributed by atoms with Crippen LogP contribution in [0.5, 0.6) is 0 Å². The number of hydrogen-bond acceptors (Lipinski definition) is 5. The minimum Gasteiger partial charge on any atom is -0.480 e. The van der Waals surface area contributed by atoms with Gasteiger partial charge in [0.1, 0.15) is 6.61 Å². The lowest BCUT2D eigenvalue weighted by atomic mass is 10.2. The van der Waals surface area contributed by atoms with E-state index >= 15 is 0 Å². The average Bonchev–Trinajstić information content (AvgIpc) is 2.48. The third-order valence-electron chi connectivity index (χ3n) is 2.86. The summed E-state index contributed by atoms with van der Waals surface area (Å²) < 4.78 is 10.1. The first-order valence-electron chi connectivity index (χ1n) is 6.96. The van der Waals surface area contributed by atoms with Crippen LogP contribution in [0.15, 0.2) is 30.3 Å². The molecule has 0 aliphatic carbocycles. The summed E-state index contributed by atoms with van der Waals surface area (Å²) in [6.45, 7) is 1.99. The van der Waals surface area contributed by atoms with Crippen molar-refractivity contribution in [2.75, 3.05) is 19.8 Å². The predicted octanol–water partition coefficient (Wildman–Crippen LogP) is 0.806. The third kappa shape index (κ3) is 7.05. The molecule has 0 spiro atoms. The Labute approximate surface area is 128 Å². The fourth-order valence-corrected chi connectivity index (χ4v) is 1.69. The van der Waals surface area contributed by atoms with Crippen molar-refractivity contribution in [2.45, 2.75) is 25.5 Å². The molecule has 0 aromatic heterocycles. The number of ether oxygens (including phenoxy) is 2. The third-order valence-corrected chi connectivity index (χ3v) is 2.86. The Kier molecular flexibility index (Phi) is 7.95. The fourth-order valence-electron chi connectivity index (χ4n) is 1.69. The summed E-state index contributed by atoms with van der Waals surface area (Å²) in [5.41, 5.74) is 1.15. The lowest BCUT2D eigenvalue weighted by molar-refractivity contribution is -0.142. The van der Waals surface area contributed by atoms with Gasteiger partial charge in [0, 0.05) is 0 Å². The summed E-state index contributed by atoms with van der Waals surface area (Å²) in [6, 6.07) is 8.43. The summed E-state index contributed by atoms with van der Waals surface area (Å²) in [5, 5.41) is 20.1. The molecule has 0 bridgehead atoms. The number of aliphatic carboxylic acids is 1. The summed E-state index contributed by atoms with van der Waals surface area (Å²) in [7, 11) is 0. The summed E-state index contributed by atoms with van der Waals surface area (Å²) in [5.74, 6) is -1.33. The lowest BCUT2D eigenvalue weighted by Crippen LogP contribution is -2.47. The van der Waals surface area contributed by atoms with Gasteiger partial charge in [-0.15, -0.1) is 0 Å². The summed E-state index contributed by atoms with van der Waals surface area (Å²) >= 11 is 0. The van der Waals surface area contributed by atoms with Crippen molar-refractivity contribution >= 4 is 12.1 Å². The van der Waals surface area contributed by atoms with Crippen LogP contribution < -0.4 is 5.32 Å². The van der Waals surface area contributed by atoms with Crippen LogP contribution in [0.1, 0.15) is 12.5 Å². The molecule has 1 aromatic rings. The number of benzene rings is 1. The number of alkyl carbamates (subject to hydrolysis) is 1. The van der Waals surface area contributed by atoms with E-state index in [4.69, 9.17) is 14.6 Å². The van der Waals surface area contributed by atoms with Gasteiger partial charge in [-0.1, -0.05) is 30.3 Å². The normalized spacial score (nSPS) is 13.2. The molecule has 0 radical (unpaired) electrons. The van der Waals surface area contributed by atoms with Gasteiger partial charge in [-0.05, 0) is 18.9 Å². The smallest absolute Gasteiger partial charge is 0.408 e. The highest BCUT2D eigenvalue weighted by Gasteiger charge is 2.25. The number of carbonyl (C=O) groups is 2. The van der Waals surface area contributed by atoms with Crippen molar-refractivity contribution < 1.29 is 29.3 Å². The second-order valence-electron chi connectivity index (χ2n) is 4.68. The molecule has 0 saturated heterocycles. The van der Waals surface area contributed by atoms with Crippen molar-refractivity contribution in [2.24, 2.45) is 0 Å². The number of aliphatic hydroxyl groups is 1. The molecule has 2 atom stereocenters. The molecule has 3 N–H and O–H groups in total. The second-order valence-corrected chi connectivity index (χ2v) is 4.68. The Morgan fingerprint density at radius 3 is 2.45 bits per heavy atom. The fraction of sp³-hybridized carbons (Fsp3) is 0.467. The number of rotatable bonds is 9. The quantitative estimate of drug-likeness (QED) is 0.583. The first-order valence-corrected chi connectivity index (χ1v) is 6.96. The molecule has 0 aliphatic rings. The highest BCUT2D eigenvalue weighted by molar-refractivity contribution is 5.80. The lowest BCUT2D eigenvalue weighted by Gasteiger charge is -2.16. The molecule has 122 valence electrons. The molecule has 0 heterocycles. The molecule has 0 unspecified atom stereocenters.